The van der Waals surface area contributed by atoms with Gasteiger partial charge in [0.1, 0.15) is 5.92 Å². The molecule has 1 heterocycles. The van der Waals surface area contributed by atoms with E-state index in [0.717, 1.165) is 6.42 Å². The number of carbonyl (C=O) groups is 2. The maximum atomic E-state index is 13.2. The predicted molar refractivity (Wildman–Crippen MR) is 115 cm³/mol. The number of ether oxygens (including phenoxy) is 1. The lowest BCUT2D eigenvalue weighted by molar-refractivity contribution is -0.385. The van der Waals surface area contributed by atoms with E-state index in [1.165, 1.54) is 18.2 Å². The maximum absolute atomic E-state index is 13.2. The van der Waals surface area contributed by atoms with E-state index in [1.54, 1.807) is 6.92 Å². The fraction of sp³-hybridized carbons (Fsp3) is 0.522. The van der Waals surface area contributed by atoms with Gasteiger partial charge >= 0.3 is 11.7 Å². The van der Waals surface area contributed by atoms with Gasteiger partial charge in [-0.2, -0.15) is 0 Å². The molecule has 0 saturated carbocycles. The van der Waals surface area contributed by atoms with Gasteiger partial charge in [0, 0.05) is 35.4 Å². The van der Waals surface area contributed by atoms with E-state index >= 15 is 0 Å². The zero-order valence-corrected chi connectivity index (χ0v) is 18.3. The molecule has 31 heavy (non-hydrogen) atoms. The lowest BCUT2D eigenvalue weighted by atomic mass is 9.67. The van der Waals surface area contributed by atoms with Gasteiger partial charge in [0.25, 0.3) is 0 Å². The number of aliphatic imine (C=N–C) groups is 1. The van der Waals surface area contributed by atoms with Gasteiger partial charge in [0.15, 0.2) is 11.5 Å². The molecule has 0 amide bonds. The van der Waals surface area contributed by atoms with Crippen LogP contribution >= 0.6 is 0 Å². The number of hydrogen-bond acceptors (Lipinski definition) is 7. The molecule has 2 aliphatic rings. The second-order valence-electron chi connectivity index (χ2n) is 9.04. The third-order valence-electron chi connectivity index (χ3n) is 5.85. The molecule has 8 nitrogen and oxygen atoms in total. The number of esters is 1. The van der Waals surface area contributed by atoms with Gasteiger partial charge < -0.3 is 9.84 Å². The molecule has 0 spiro atoms. The first-order chi connectivity index (χ1) is 14.6. The molecule has 1 aromatic rings. The number of rotatable bonds is 6. The van der Waals surface area contributed by atoms with Crippen molar-refractivity contribution in [2.45, 2.75) is 59.3 Å². The fourth-order valence-corrected chi connectivity index (χ4v) is 4.40. The number of phenolic OH excluding ortho intramolecular Hbond substituents is 1. The molecule has 0 fully saturated rings. The summed E-state index contributed by atoms with van der Waals surface area (Å²) in [6, 6.07) is 3.99. The quantitative estimate of drug-likeness (QED) is 0.309. The first-order valence-corrected chi connectivity index (χ1v) is 10.5. The molecule has 0 aromatic heterocycles. The molecule has 3 rings (SSSR count). The van der Waals surface area contributed by atoms with Crippen LogP contribution in [0.5, 0.6) is 5.75 Å². The van der Waals surface area contributed by atoms with Crippen LogP contribution in [0.15, 0.2) is 34.5 Å². The topological polar surface area (TPSA) is 119 Å². The molecule has 2 atom stereocenters. The Bertz CT molecular complexity index is 992. The van der Waals surface area contributed by atoms with Gasteiger partial charge in [-0.25, -0.2) is 0 Å². The molecular formula is C23H28N2O6. The van der Waals surface area contributed by atoms with E-state index in [1.807, 2.05) is 20.8 Å². The summed E-state index contributed by atoms with van der Waals surface area (Å²) >= 11 is 0. The first kappa shape index (κ1) is 22.7. The summed E-state index contributed by atoms with van der Waals surface area (Å²) in [6.07, 6.45) is 2.45. The van der Waals surface area contributed by atoms with Crippen molar-refractivity contribution in [1.82, 2.24) is 0 Å². The molecule has 1 aliphatic heterocycles. The predicted octanol–water partition coefficient (Wildman–Crippen LogP) is 4.46. The smallest absolute Gasteiger partial charge is 0.315 e. The molecule has 1 unspecified atom stereocenters. The third kappa shape index (κ3) is 4.52. The number of nitro groups is 1. The number of unbranched alkanes of at least 4 members (excludes halogenated alkanes) is 1. The highest BCUT2D eigenvalue weighted by Gasteiger charge is 2.46. The molecule has 0 radical (unpaired) electrons. The number of Topliss-reactive ketones (excluding diaryl/α,β-unsaturated/α-hetero) is 1. The number of nitro benzene ring substituents is 1. The second-order valence-corrected chi connectivity index (χ2v) is 9.04. The van der Waals surface area contributed by atoms with Crippen LogP contribution in [0.3, 0.4) is 0 Å². The number of aromatic hydroxyl groups is 1. The van der Waals surface area contributed by atoms with Crippen molar-refractivity contribution in [3.05, 3.63) is 45.1 Å². The molecule has 0 saturated heterocycles. The maximum Gasteiger partial charge on any atom is 0.315 e. The van der Waals surface area contributed by atoms with Crippen molar-refractivity contribution in [2.24, 2.45) is 16.3 Å². The normalized spacial score (nSPS) is 22.6. The molecule has 1 aromatic carbocycles. The number of allylic oxidation sites excluding steroid dienone is 2. The Balaban J connectivity index is 2.15. The fourth-order valence-electron chi connectivity index (χ4n) is 4.40. The van der Waals surface area contributed by atoms with Crippen LogP contribution in [0, 0.1) is 21.4 Å². The number of nitrogens with zero attached hydrogens (tertiary/aromatic N) is 2. The number of hydrogen-bond donors (Lipinski definition) is 1. The second kappa shape index (κ2) is 8.61. The van der Waals surface area contributed by atoms with E-state index in [-0.39, 0.29) is 17.8 Å². The van der Waals surface area contributed by atoms with Crippen molar-refractivity contribution >= 4 is 23.2 Å². The van der Waals surface area contributed by atoms with Gasteiger partial charge in [-0.3, -0.25) is 24.7 Å². The monoisotopic (exact) mass is 428 g/mol. The minimum Gasteiger partial charge on any atom is -0.502 e. The van der Waals surface area contributed by atoms with Crippen LogP contribution in [0.2, 0.25) is 0 Å². The average Bonchev–Trinajstić information content (AvgIpc) is 2.66. The molecular weight excluding hydrogens is 400 g/mol. The lowest BCUT2D eigenvalue weighted by Crippen LogP contribution is -2.39. The van der Waals surface area contributed by atoms with E-state index in [9.17, 15) is 24.8 Å². The van der Waals surface area contributed by atoms with E-state index in [4.69, 9.17) is 4.74 Å². The lowest BCUT2D eigenvalue weighted by Gasteiger charge is -2.38. The molecule has 8 heteroatoms. The zero-order chi connectivity index (χ0) is 22.9. The number of carbonyl (C=O) groups excluding carboxylic acids is 2. The Kier molecular flexibility index (Phi) is 6.29. The number of ketones is 1. The van der Waals surface area contributed by atoms with Gasteiger partial charge in [-0.15, -0.1) is 0 Å². The summed E-state index contributed by atoms with van der Waals surface area (Å²) < 4.78 is 5.46. The van der Waals surface area contributed by atoms with E-state index in [0.29, 0.717) is 41.8 Å². The summed E-state index contributed by atoms with van der Waals surface area (Å²) in [7, 11) is 0. The van der Waals surface area contributed by atoms with Gasteiger partial charge in [-0.05, 0) is 36.8 Å². The molecule has 166 valence electrons. The Hall–Kier alpha value is -3.03. The van der Waals surface area contributed by atoms with Crippen LogP contribution in [0.4, 0.5) is 5.69 Å². The third-order valence-corrected chi connectivity index (χ3v) is 5.85. The Morgan fingerprint density at radius 3 is 2.71 bits per heavy atom. The van der Waals surface area contributed by atoms with Crippen LogP contribution in [-0.2, 0) is 14.3 Å². The van der Waals surface area contributed by atoms with Crippen LogP contribution in [-0.4, -0.2) is 34.1 Å². The van der Waals surface area contributed by atoms with Crippen LogP contribution in [0.25, 0.3) is 0 Å². The molecule has 0 bridgehead atoms. The minimum absolute atomic E-state index is 0.116. The molecule has 1 N–H and O–H groups in total. The van der Waals surface area contributed by atoms with Crippen molar-refractivity contribution in [3.8, 4) is 5.75 Å². The largest absolute Gasteiger partial charge is 0.502 e. The van der Waals surface area contributed by atoms with E-state index in [2.05, 4.69) is 4.99 Å². The Labute approximate surface area is 181 Å². The Morgan fingerprint density at radius 1 is 1.35 bits per heavy atom. The van der Waals surface area contributed by atoms with Gasteiger partial charge in [0.05, 0.1) is 11.5 Å². The standard InChI is InChI=1S/C23H28N2O6/c1-5-6-9-31-22(28)19-13(2)24-15-11-23(3,4)12-18(27)21(15)20(19)14-7-8-17(26)16(10-14)25(29)30/h7-8,10,19-20,26H,5-6,9,11-12H2,1-4H3/t19?,20-/m1/s1. The average molecular weight is 428 g/mol. The van der Waals surface area contributed by atoms with Crippen molar-refractivity contribution in [3.63, 3.8) is 0 Å². The van der Waals surface area contributed by atoms with Crippen molar-refractivity contribution < 1.29 is 24.4 Å². The highest BCUT2D eigenvalue weighted by atomic mass is 16.6. The van der Waals surface area contributed by atoms with Crippen LogP contribution < -0.4 is 0 Å². The van der Waals surface area contributed by atoms with E-state index < -0.39 is 34.2 Å². The summed E-state index contributed by atoms with van der Waals surface area (Å²) in [5.74, 6) is -2.69. The zero-order valence-electron chi connectivity index (χ0n) is 18.3. The molecule has 1 aliphatic carbocycles. The Morgan fingerprint density at radius 2 is 2.06 bits per heavy atom. The highest BCUT2D eigenvalue weighted by Crippen LogP contribution is 2.48. The first-order valence-electron chi connectivity index (χ1n) is 10.5. The highest BCUT2D eigenvalue weighted by molar-refractivity contribution is 6.09. The van der Waals surface area contributed by atoms with Crippen molar-refractivity contribution in [1.29, 1.82) is 0 Å². The van der Waals surface area contributed by atoms with Crippen LogP contribution in [0.1, 0.15) is 64.9 Å². The van der Waals surface area contributed by atoms with Gasteiger partial charge in [0.2, 0.25) is 0 Å². The summed E-state index contributed by atoms with van der Waals surface area (Å²) in [4.78, 5) is 41.6. The summed E-state index contributed by atoms with van der Waals surface area (Å²) in [6.45, 7) is 7.95. The summed E-state index contributed by atoms with van der Waals surface area (Å²) in [5.41, 5.74) is 1.24. The van der Waals surface area contributed by atoms with Gasteiger partial charge in [-0.1, -0.05) is 33.3 Å². The number of benzene rings is 1. The summed E-state index contributed by atoms with van der Waals surface area (Å²) in [5, 5.41) is 21.3. The minimum atomic E-state index is -0.857. The SMILES string of the molecule is CCCCOC(=O)C1C(C)=NC2=C(C(=O)CC(C)(C)C2)[C@@H]1c1ccc(O)c([N+](=O)[O-])c1. The number of phenols is 1. The van der Waals surface area contributed by atoms with Crippen molar-refractivity contribution in [2.75, 3.05) is 6.61 Å².